The number of aliphatic hydroxyl groups is 8. The van der Waals surface area contributed by atoms with Crippen LogP contribution in [0.15, 0.2) is 268 Å². The van der Waals surface area contributed by atoms with E-state index < -0.39 is 24.4 Å². The molecule has 12 aromatic rings. The molecular weight excluding hydrogens is 2170 g/mol. The van der Waals surface area contributed by atoms with E-state index >= 15 is 0 Å². The Morgan fingerprint density at radius 3 is 0.573 bits per heavy atom. The molecule has 0 fully saturated rings. The number of aliphatic hydroxyl groups excluding tert-OH is 8. The van der Waals surface area contributed by atoms with Crippen molar-refractivity contribution in [1.82, 2.24) is 39.9 Å². The van der Waals surface area contributed by atoms with E-state index in [0.29, 0.717) is 49.0 Å². The van der Waals surface area contributed by atoms with Crippen LogP contribution < -0.4 is 0 Å². The summed E-state index contributed by atoms with van der Waals surface area (Å²) in [4.78, 5) is 35.1. The number of rotatable bonds is 18. The SMILES string of the molecule is CC(C)(C)C(O)CC(O)C(C)(C)C.CC(C)C(O)CC(O)C(C)C.CC(O)CC(C)O.CC(O)CC(O)C(C)(C)C.[Ir].[Ir].[Ir].[Ir].[c-]1ccccc1-c1ncc(-c2ccccc2)cn1.[c-]1ccccc1-c1ncc(-c2ccccc2)cn1.[c-]1ccccc1-c1ncc(-c2ccccc2)cn1.[c-]1ccccc1-c1ncc(-c2ccccc2)cn1. The van der Waals surface area contributed by atoms with Crippen LogP contribution in [0.5, 0.6) is 0 Å². The molecule has 117 heavy (non-hydrogen) atoms. The van der Waals surface area contributed by atoms with Crippen LogP contribution >= 0.6 is 0 Å². The molecule has 20 heteroatoms. The maximum atomic E-state index is 9.76. The van der Waals surface area contributed by atoms with Crippen LogP contribution in [0.25, 0.3) is 90.1 Å². The van der Waals surface area contributed by atoms with Gasteiger partial charge in [-0.15, -0.1) is 144 Å². The third-order valence-corrected chi connectivity index (χ3v) is 17.5. The molecule has 0 saturated heterocycles. The molecule has 8 unspecified atom stereocenters. The minimum absolute atomic E-state index is 0. The quantitative estimate of drug-likeness (QED) is 0.0371. The van der Waals surface area contributed by atoms with Gasteiger partial charge in [-0.1, -0.05) is 211 Å². The summed E-state index contributed by atoms with van der Waals surface area (Å²) in [7, 11) is 0. The Kier molecular flexibility index (Phi) is 52.1. The maximum Gasteiger partial charge on any atom is 0.0748 e. The fourth-order valence-corrected chi connectivity index (χ4v) is 10.00. The second-order valence-electron chi connectivity index (χ2n) is 31.5. The summed E-state index contributed by atoms with van der Waals surface area (Å²) in [6.45, 7) is 30.6. The summed E-state index contributed by atoms with van der Waals surface area (Å²) in [5.41, 5.74) is 11.8. The number of aromatic nitrogens is 8. The van der Waals surface area contributed by atoms with Gasteiger partial charge < -0.3 is 40.9 Å². The molecule has 12 rings (SSSR count). The summed E-state index contributed by atoms with van der Waals surface area (Å²) in [6, 6.07) is 83.8. The second kappa shape index (κ2) is 56.7. The van der Waals surface area contributed by atoms with Crippen molar-refractivity contribution in [3.8, 4) is 90.1 Å². The first kappa shape index (κ1) is 107. The van der Waals surface area contributed by atoms with Gasteiger partial charge in [-0.25, -0.2) is 0 Å². The first-order valence-corrected chi connectivity index (χ1v) is 38.5. The second-order valence-corrected chi connectivity index (χ2v) is 31.5. The number of hydrogen-bond acceptors (Lipinski definition) is 16. The first-order valence-electron chi connectivity index (χ1n) is 38.5. The minimum atomic E-state index is -0.443. The van der Waals surface area contributed by atoms with Gasteiger partial charge in [0.15, 0.2) is 0 Å². The van der Waals surface area contributed by atoms with Crippen LogP contribution in [0.4, 0.5) is 0 Å². The fourth-order valence-electron chi connectivity index (χ4n) is 10.00. The van der Waals surface area contributed by atoms with Crippen molar-refractivity contribution in [3.63, 3.8) is 0 Å². The van der Waals surface area contributed by atoms with E-state index in [4.69, 9.17) is 15.3 Å². The van der Waals surface area contributed by atoms with Gasteiger partial charge in [0, 0.05) is 159 Å². The normalized spacial score (nSPS) is 12.7. The van der Waals surface area contributed by atoms with E-state index in [0.717, 1.165) is 66.8 Å². The molecule has 4 aromatic heterocycles. The smallest absolute Gasteiger partial charge is 0.0748 e. The van der Waals surface area contributed by atoms with E-state index in [1.54, 1.807) is 20.8 Å². The molecule has 16 nitrogen and oxygen atoms in total. The van der Waals surface area contributed by atoms with Crippen LogP contribution in [0.2, 0.25) is 0 Å². The van der Waals surface area contributed by atoms with Crippen molar-refractivity contribution in [3.05, 3.63) is 292 Å². The standard InChI is InChI=1S/4C16H11N2.C11H24O2.C9H20O2.C8H18O2.C5H12O2.4Ir/c4*1-3-7-13(8-4-1)15-11-17-16(18-12-15)14-9-5-2-6-10-14;1-10(2,3)8(12)7-9(13)11(4,5)6;1-6(2)8(10)5-9(11)7(3)4;1-6(9)5-7(10)8(2,3)4;1-4(6)3-5(2)7;;;;/h4*1-9,11-12H;8-9,12-13H,7H2,1-6H3;6-11H,5H2,1-4H3;6-7,9-10H,5H2,1-4H3;4-7H,3H2,1-2H3;;;;/q4*-1;;;;;;;;. The Morgan fingerprint density at radius 1 is 0.239 bits per heavy atom. The first-order chi connectivity index (χ1) is 53.7. The van der Waals surface area contributed by atoms with Gasteiger partial charge in [0.1, 0.15) is 0 Å². The summed E-state index contributed by atoms with van der Waals surface area (Å²) >= 11 is 0. The molecule has 0 saturated carbocycles. The molecular formula is C97H118Ir4N8O8-4. The molecule has 0 amide bonds. The van der Waals surface area contributed by atoms with E-state index in [2.05, 4.69) is 64.1 Å². The Bertz CT molecular complexity index is 3690. The minimum Gasteiger partial charge on any atom is -0.393 e. The largest absolute Gasteiger partial charge is 0.393 e. The molecule has 8 atom stereocenters. The van der Waals surface area contributed by atoms with E-state index in [9.17, 15) is 25.5 Å². The van der Waals surface area contributed by atoms with Crippen LogP contribution in [-0.2, 0) is 80.4 Å². The average molecular weight is 2290 g/mol. The number of hydrogen-bond donors (Lipinski definition) is 8. The molecule has 634 valence electrons. The molecule has 0 bridgehead atoms. The van der Waals surface area contributed by atoms with E-state index in [-0.39, 0.29) is 133 Å². The summed E-state index contributed by atoms with van der Waals surface area (Å²) in [5.74, 6) is 3.29. The van der Waals surface area contributed by atoms with Gasteiger partial charge in [0.2, 0.25) is 0 Å². The Morgan fingerprint density at radius 2 is 0.427 bits per heavy atom. The molecule has 0 spiro atoms. The molecule has 8 N–H and O–H groups in total. The average Bonchev–Trinajstić information content (AvgIpc) is 0.848. The molecule has 0 aliphatic carbocycles. The third kappa shape index (κ3) is 42.2. The van der Waals surface area contributed by atoms with Crippen LogP contribution in [0, 0.1) is 52.3 Å². The number of benzene rings is 8. The van der Waals surface area contributed by atoms with Crippen molar-refractivity contribution >= 4 is 0 Å². The van der Waals surface area contributed by atoms with Crippen molar-refractivity contribution < 1.29 is 121 Å². The zero-order chi connectivity index (χ0) is 82.9. The molecule has 8 aromatic carbocycles. The Hall–Kier alpha value is -7.64. The van der Waals surface area contributed by atoms with Gasteiger partial charge in [-0.3, -0.25) is 39.9 Å². The monoisotopic (exact) mass is 2290 g/mol. The Balaban J connectivity index is 0.000000677. The van der Waals surface area contributed by atoms with Crippen molar-refractivity contribution in [2.24, 2.45) is 28.1 Å². The molecule has 4 radical (unpaired) electrons. The third-order valence-electron chi connectivity index (χ3n) is 17.5. The van der Waals surface area contributed by atoms with Crippen molar-refractivity contribution in [2.45, 2.75) is 185 Å². The summed E-state index contributed by atoms with van der Waals surface area (Å²) in [5, 5.41) is 73.7. The number of nitrogens with zero attached hydrogens (tertiary/aromatic N) is 8. The van der Waals surface area contributed by atoms with Crippen molar-refractivity contribution in [1.29, 1.82) is 0 Å². The molecule has 4 heterocycles. The van der Waals surface area contributed by atoms with Gasteiger partial charge in [0.25, 0.3) is 0 Å². The maximum absolute atomic E-state index is 9.76. The molecule has 0 aliphatic rings. The topological polar surface area (TPSA) is 265 Å². The Labute approximate surface area is 750 Å². The van der Waals surface area contributed by atoms with Crippen LogP contribution in [0.1, 0.15) is 136 Å². The zero-order valence-corrected chi connectivity index (χ0v) is 79.6. The van der Waals surface area contributed by atoms with Gasteiger partial charge in [0.05, 0.1) is 72.1 Å². The van der Waals surface area contributed by atoms with E-state index in [1.165, 1.54) is 0 Å². The molecule has 0 aliphatic heterocycles. The summed E-state index contributed by atoms with van der Waals surface area (Å²) < 4.78 is 0. The predicted octanol–water partition coefficient (Wildman–Crippen LogP) is 19.3. The van der Waals surface area contributed by atoms with E-state index in [1.807, 2.05) is 358 Å². The van der Waals surface area contributed by atoms with Gasteiger partial charge >= 0.3 is 0 Å². The van der Waals surface area contributed by atoms with Gasteiger partial charge in [-0.2, -0.15) is 0 Å². The fraction of sp³-hybridized carbons (Fsp3) is 0.340. The summed E-state index contributed by atoms with van der Waals surface area (Å²) in [6.07, 6.45) is 13.5. The van der Waals surface area contributed by atoms with Gasteiger partial charge in [-0.05, 0) is 90.4 Å². The van der Waals surface area contributed by atoms with Crippen molar-refractivity contribution in [2.75, 3.05) is 0 Å². The van der Waals surface area contributed by atoms with Crippen LogP contribution in [-0.4, -0.2) is 130 Å². The zero-order valence-electron chi connectivity index (χ0n) is 70.0. The van der Waals surface area contributed by atoms with Crippen LogP contribution in [0.3, 0.4) is 0 Å². The predicted molar refractivity (Wildman–Crippen MR) is 459 cm³/mol.